The molecule has 3 heteroatoms. The molecule has 0 saturated carbocycles. The molecule has 0 amide bonds. The van der Waals surface area contributed by atoms with E-state index in [1.165, 1.54) is 11.1 Å². The Labute approximate surface area is 131 Å². The first-order chi connectivity index (χ1) is 10.2. The van der Waals surface area contributed by atoms with Crippen LogP contribution in [0.15, 0.2) is 42.5 Å². The third-order valence-electron chi connectivity index (χ3n) is 3.63. The Bertz CT molecular complexity index is 641. The minimum absolute atomic E-state index is 0.236. The Morgan fingerprint density at radius 1 is 1.14 bits per heavy atom. The van der Waals surface area contributed by atoms with Crippen LogP contribution < -0.4 is 5.32 Å². The molecule has 108 valence electrons. The number of aryl methyl sites for hydroxylation is 1. The van der Waals surface area contributed by atoms with Crippen LogP contribution in [0.5, 0.6) is 0 Å². The molecule has 0 aliphatic rings. The second kappa shape index (κ2) is 7.15. The summed E-state index contributed by atoms with van der Waals surface area (Å²) in [6.45, 7) is 4.31. The van der Waals surface area contributed by atoms with Crippen LogP contribution >= 0.6 is 11.6 Å². The molecule has 1 unspecified atom stereocenters. The first kappa shape index (κ1) is 15.4. The molecule has 1 N–H and O–H groups in total. The van der Waals surface area contributed by atoms with Crippen LogP contribution in [0.1, 0.15) is 43.0 Å². The highest BCUT2D eigenvalue weighted by Crippen LogP contribution is 2.26. The van der Waals surface area contributed by atoms with Crippen LogP contribution in [-0.4, -0.2) is 0 Å². The average molecular weight is 299 g/mol. The second-order valence-electron chi connectivity index (χ2n) is 5.01. The molecule has 0 saturated heterocycles. The van der Waals surface area contributed by atoms with Crippen molar-refractivity contribution >= 4 is 17.3 Å². The Morgan fingerprint density at radius 2 is 1.86 bits per heavy atom. The summed E-state index contributed by atoms with van der Waals surface area (Å²) in [4.78, 5) is 0. The van der Waals surface area contributed by atoms with Gasteiger partial charge in [0, 0.05) is 5.69 Å². The summed E-state index contributed by atoms with van der Waals surface area (Å²) >= 11 is 6.08. The van der Waals surface area contributed by atoms with Gasteiger partial charge in [0.25, 0.3) is 0 Å². The number of anilines is 1. The van der Waals surface area contributed by atoms with Crippen LogP contribution in [0, 0.1) is 11.3 Å². The Kier molecular flexibility index (Phi) is 5.25. The van der Waals surface area contributed by atoms with Crippen molar-refractivity contribution in [2.75, 3.05) is 5.32 Å². The lowest BCUT2D eigenvalue weighted by molar-refractivity contribution is 0.749. The maximum absolute atomic E-state index is 8.91. The molecule has 1 atom stereocenters. The SMILES string of the molecule is CCc1ccc(C(CC)Nc2ccc(C#N)c(Cl)c2)cc1. The molecule has 0 spiro atoms. The van der Waals surface area contributed by atoms with Gasteiger partial charge in [-0.3, -0.25) is 0 Å². The number of benzene rings is 2. The number of nitriles is 1. The minimum atomic E-state index is 0.236. The fourth-order valence-electron chi connectivity index (χ4n) is 2.30. The zero-order valence-corrected chi connectivity index (χ0v) is 13.1. The largest absolute Gasteiger partial charge is 0.378 e. The van der Waals surface area contributed by atoms with E-state index in [1.54, 1.807) is 6.07 Å². The van der Waals surface area contributed by atoms with E-state index in [1.807, 2.05) is 12.1 Å². The van der Waals surface area contributed by atoms with Gasteiger partial charge in [0.15, 0.2) is 0 Å². The van der Waals surface area contributed by atoms with Crippen molar-refractivity contribution in [1.82, 2.24) is 0 Å². The molecule has 2 rings (SSSR count). The third-order valence-corrected chi connectivity index (χ3v) is 3.94. The van der Waals surface area contributed by atoms with Crippen LogP contribution in [0.25, 0.3) is 0 Å². The normalized spacial score (nSPS) is 11.7. The van der Waals surface area contributed by atoms with Crippen LogP contribution in [0.2, 0.25) is 5.02 Å². The molecule has 2 aromatic rings. The van der Waals surface area contributed by atoms with Gasteiger partial charge in [-0.1, -0.05) is 49.7 Å². The minimum Gasteiger partial charge on any atom is -0.378 e. The second-order valence-corrected chi connectivity index (χ2v) is 5.41. The number of hydrogen-bond donors (Lipinski definition) is 1. The summed E-state index contributed by atoms with van der Waals surface area (Å²) in [5.41, 5.74) is 4.04. The Morgan fingerprint density at radius 3 is 2.38 bits per heavy atom. The Hall–Kier alpha value is -1.98. The molecule has 0 aliphatic carbocycles. The first-order valence-electron chi connectivity index (χ1n) is 7.23. The van der Waals surface area contributed by atoms with E-state index < -0.39 is 0 Å². The fraction of sp³-hybridized carbons (Fsp3) is 0.278. The summed E-state index contributed by atoms with van der Waals surface area (Å²) in [7, 11) is 0. The van der Waals surface area contributed by atoms with Gasteiger partial charge in [-0.15, -0.1) is 0 Å². The first-order valence-corrected chi connectivity index (χ1v) is 7.60. The zero-order valence-electron chi connectivity index (χ0n) is 12.4. The molecule has 0 aromatic heterocycles. The van der Waals surface area contributed by atoms with Crippen molar-refractivity contribution < 1.29 is 0 Å². The molecule has 2 nitrogen and oxygen atoms in total. The smallest absolute Gasteiger partial charge is 0.101 e. The lowest BCUT2D eigenvalue weighted by Crippen LogP contribution is -2.09. The topological polar surface area (TPSA) is 35.8 Å². The van der Waals surface area contributed by atoms with Gasteiger partial charge in [-0.2, -0.15) is 5.26 Å². The van der Waals surface area contributed by atoms with Gasteiger partial charge in [0.2, 0.25) is 0 Å². The van der Waals surface area contributed by atoms with Gasteiger partial charge in [-0.05, 0) is 42.2 Å². The molecular formula is C18H19ClN2. The van der Waals surface area contributed by atoms with Crippen molar-refractivity contribution in [2.45, 2.75) is 32.7 Å². The number of nitrogens with zero attached hydrogens (tertiary/aromatic N) is 1. The van der Waals surface area contributed by atoms with E-state index in [0.717, 1.165) is 18.5 Å². The van der Waals surface area contributed by atoms with E-state index >= 15 is 0 Å². The maximum Gasteiger partial charge on any atom is 0.101 e. The molecule has 2 aromatic carbocycles. The molecule has 0 aliphatic heterocycles. The number of nitrogens with one attached hydrogen (secondary N) is 1. The van der Waals surface area contributed by atoms with Gasteiger partial charge < -0.3 is 5.32 Å². The quantitative estimate of drug-likeness (QED) is 0.809. The van der Waals surface area contributed by atoms with Crippen molar-refractivity contribution in [3.63, 3.8) is 0 Å². The molecule has 0 heterocycles. The van der Waals surface area contributed by atoms with Crippen molar-refractivity contribution in [3.05, 3.63) is 64.2 Å². The summed E-state index contributed by atoms with van der Waals surface area (Å²) < 4.78 is 0. The van der Waals surface area contributed by atoms with Crippen molar-refractivity contribution in [3.8, 4) is 6.07 Å². The monoisotopic (exact) mass is 298 g/mol. The predicted octanol–water partition coefficient (Wildman–Crippen LogP) is 5.34. The average Bonchev–Trinajstić information content (AvgIpc) is 2.53. The summed E-state index contributed by atoms with van der Waals surface area (Å²) in [6.07, 6.45) is 2.03. The van der Waals surface area contributed by atoms with Crippen LogP contribution in [0.4, 0.5) is 5.69 Å². The lowest BCUT2D eigenvalue weighted by atomic mass is 10.0. The molecular weight excluding hydrogens is 280 g/mol. The number of rotatable bonds is 5. The predicted molar refractivity (Wildman–Crippen MR) is 88.6 cm³/mol. The van der Waals surface area contributed by atoms with E-state index in [2.05, 4.69) is 49.5 Å². The summed E-state index contributed by atoms with van der Waals surface area (Å²) in [5, 5.41) is 12.9. The molecule has 0 bridgehead atoms. The van der Waals surface area contributed by atoms with Crippen LogP contribution in [0.3, 0.4) is 0 Å². The summed E-state index contributed by atoms with van der Waals surface area (Å²) in [6, 6.07) is 16.5. The zero-order chi connectivity index (χ0) is 15.2. The standard InChI is InChI=1S/C18H19ClN2/c1-3-13-5-7-14(8-6-13)18(4-2)21-16-10-9-15(12-20)17(19)11-16/h5-11,18,21H,3-4H2,1-2H3. The number of hydrogen-bond acceptors (Lipinski definition) is 2. The van der Waals surface area contributed by atoms with Gasteiger partial charge in [0.1, 0.15) is 6.07 Å². The number of halogens is 1. The highest BCUT2D eigenvalue weighted by molar-refractivity contribution is 6.32. The van der Waals surface area contributed by atoms with Gasteiger partial charge in [-0.25, -0.2) is 0 Å². The maximum atomic E-state index is 8.91. The van der Waals surface area contributed by atoms with E-state index in [4.69, 9.17) is 16.9 Å². The van der Waals surface area contributed by atoms with E-state index in [9.17, 15) is 0 Å². The van der Waals surface area contributed by atoms with E-state index in [-0.39, 0.29) is 6.04 Å². The highest BCUT2D eigenvalue weighted by atomic mass is 35.5. The lowest BCUT2D eigenvalue weighted by Gasteiger charge is -2.19. The molecule has 21 heavy (non-hydrogen) atoms. The van der Waals surface area contributed by atoms with Crippen molar-refractivity contribution in [2.24, 2.45) is 0 Å². The van der Waals surface area contributed by atoms with Crippen LogP contribution in [-0.2, 0) is 6.42 Å². The fourth-order valence-corrected chi connectivity index (χ4v) is 2.53. The van der Waals surface area contributed by atoms with Gasteiger partial charge in [0.05, 0.1) is 16.6 Å². The highest BCUT2D eigenvalue weighted by Gasteiger charge is 2.10. The summed E-state index contributed by atoms with van der Waals surface area (Å²) in [5.74, 6) is 0. The Balaban J connectivity index is 2.18. The molecule has 0 fully saturated rings. The van der Waals surface area contributed by atoms with E-state index in [0.29, 0.717) is 10.6 Å². The third kappa shape index (κ3) is 3.77. The molecule has 0 radical (unpaired) electrons. The van der Waals surface area contributed by atoms with Gasteiger partial charge >= 0.3 is 0 Å². The van der Waals surface area contributed by atoms with Crippen molar-refractivity contribution in [1.29, 1.82) is 5.26 Å².